The van der Waals surface area contributed by atoms with Gasteiger partial charge in [0.2, 0.25) is 0 Å². The number of ether oxygens (including phenoxy) is 1. The van der Waals surface area contributed by atoms with E-state index in [1.165, 1.54) is 16.9 Å². The molecule has 142 valence electrons. The number of guanidine groups is 1. The summed E-state index contributed by atoms with van der Waals surface area (Å²) in [4.78, 5) is 5.29. The second-order valence-electron chi connectivity index (χ2n) is 5.87. The van der Waals surface area contributed by atoms with Crippen molar-refractivity contribution in [2.24, 2.45) is 4.99 Å². The smallest absolute Gasteiger partial charge is 0.191 e. The Labute approximate surface area is 164 Å². The van der Waals surface area contributed by atoms with Crippen LogP contribution in [0.25, 0.3) is 0 Å². The van der Waals surface area contributed by atoms with Crippen molar-refractivity contribution in [2.45, 2.75) is 26.4 Å². The molecule has 2 rings (SSSR count). The number of aliphatic hydroxyl groups excluding tert-OH is 1. The van der Waals surface area contributed by atoms with Crippen LogP contribution < -0.4 is 15.4 Å². The van der Waals surface area contributed by atoms with E-state index in [9.17, 15) is 5.11 Å². The molecular weight excluding hydrogens is 370 g/mol. The molecule has 0 bridgehead atoms. The summed E-state index contributed by atoms with van der Waals surface area (Å²) in [5, 5.41) is 16.7. The van der Waals surface area contributed by atoms with Crippen molar-refractivity contribution < 1.29 is 9.84 Å². The second-order valence-corrected chi connectivity index (χ2v) is 7.62. The van der Waals surface area contributed by atoms with Crippen molar-refractivity contribution in [1.82, 2.24) is 10.6 Å². The fraction of sp³-hybridized carbons (Fsp3) is 0.421. The van der Waals surface area contributed by atoms with E-state index in [0.29, 0.717) is 16.8 Å². The lowest BCUT2D eigenvalue weighted by Gasteiger charge is -2.14. The molecule has 0 saturated carbocycles. The summed E-state index contributed by atoms with van der Waals surface area (Å²) < 4.78 is 6.09. The number of benzene rings is 1. The molecule has 0 aliphatic heterocycles. The molecule has 0 fully saturated rings. The van der Waals surface area contributed by atoms with Gasteiger partial charge in [-0.3, -0.25) is 4.99 Å². The quantitative estimate of drug-likeness (QED) is 0.472. The van der Waals surface area contributed by atoms with Gasteiger partial charge in [-0.1, -0.05) is 29.3 Å². The highest BCUT2D eigenvalue weighted by atomic mass is 35.5. The highest BCUT2D eigenvalue weighted by Gasteiger charge is 2.10. The molecule has 1 aromatic heterocycles. The van der Waals surface area contributed by atoms with Gasteiger partial charge in [0.25, 0.3) is 0 Å². The van der Waals surface area contributed by atoms with Gasteiger partial charge in [0, 0.05) is 18.0 Å². The van der Waals surface area contributed by atoms with Gasteiger partial charge in [0.1, 0.15) is 11.9 Å². The molecule has 0 spiro atoms. The van der Waals surface area contributed by atoms with Crippen LogP contribution in [-0.2, 0) is 6.42 Å². The number of thiophene rings is 1. The SMILES string of the molecule is CCNC(=NCC(O)c1ccc(Cl)s1)NCCc1cc(C)ccc1OC. The molecule has 7 heteroatoms. The zero-order chi connectivity index (χ0) is 18.9. The lowest BCUT2D eigenvalue weighted by atomic mass is 10.1. The first-order chi connectivity index (χ1) is 12.5. The molecule has 0 radical (unpaired) electrons. The number of halogens is 1. The summed E-state index contributed by atoms with van der Waals surface area (Å²) in [6.45, 7) is 5.82. The lowest BCUT2D eigenvalue weighted by molar-refractivity contribution is 0.191. The average molecular weight is 396 g/mol. The Morgan fingerprint density at radius 2 is 2.12 bits per heavy atom. The van der Waals surface area contributed by atoms with E-state index in [0.717, 1.165) is 29.2 Å². The van der Waals surface area contributed by atoms with E-state index in [-0.39, 0.29) is 6.54 Å². The highest BCUT2D eigenvalue weighted by Crippen LogP contribution is 2.26. The third-order valence-corrected chi connectivity index (χ3v) is 5.14. The van der Waals surface area contributed by atoms with E-state index in [4.69, 9.17) is 16.3 Å². The van der Waals surface area contributed by atoms with Crippen LogP contribution in [0.1, 0.15) is 29.0 Å². The maximum atomic E-state index is 10.2. The molecule has 1 atom stereocenters. The van der Waals surface area contributed by atoms with Gasteiger partial charge in [0.15, 0.2) is 5.96 Å². The minimum atomic E-state index is -0.653. The van der Waals surface area contributed by atoms with Crippen LogP contribution in [-0.4, -0.2) is 37.8 Å². The van der Waals surface area contributed by atoms with E-state index < -0.39 is 6.10 Å². The lowest BCUT2D eigenvalue weighted by Crippen LogP contribution is -2.38. The van der Waals surface area contributed by atoms with E-state index >= 15 is 0 Å². The van der Waals surface area contributed by atoms with Crippen LogP contribution in [0.4, 0.5) is 0 Å². The van der Waals surface area contributed by atoms with Gasteiger partial charge in [-0.15, -0.1) is 11.3 Å². The van der Waals surface area contributed by atoms with Crippen molar-refractivity contribution in [2.75, 3.05) is 26.7 Å². The summed E-state index contributed by atoms with van der Waals surface area (Å²) >= 11 is 7.29. The van der Waals surface area contributed by atoms with E-state index in [2.05, 4.69) is 28.6 Å². The predicted molar refractivity (Wildman–Crippen MR) is 110 cm³/mol. The molecule has 1 aromatic carbocycles. The molecule has 1 unspecified atom stereocenters. The molecule has 5 nitrogen and oxygen atoms in total. The Morgan fingerprint density at radius 1 is 1.31 bits per heavy atom. The number of rotatable bonds is 8. The number of hydrogen-bond acceptors (Lipinski definition) is 4. The van der Waals surface area contributed by atoms with Crippen molar-refractivity contribution >= 4 is 28.9 Å². The number of methoxy groups -OCH3 is 1. The Morgan fingerprint density at radius 3 is 2.77 bits per heavy atom. The van der Waals surface area contributed by atoms with Gasteiger partial charge in [-0.25, -0.2) is 0 Å². The molecule has 0 saturated heterocycles. The number of aliphatic imine (C=N–C) groups is 1. The van der Waals surface area contributed by atoms with Gasteiger partial charge < -0.3 is 20.5 Å². The van der Waals surface area contributed by atoms with Crippen LogP contribution in [0.5, 0.6) is 5.75 Å². The van der Waals surface area contributed by atoms with Crippen molar-refractivity contribution in [1.29, 1.82) is 0 Å². The number of hydrogen-bond donors (Lipinski definition) is 3. The average Bonchev–Trinajstić information content (AvgIpc) is 3.06. The molecule has 0 aliphatic rings. The highest BCUT2D eigenvalue weighted by molar-refractivity contribution is 7.16. The Bertz CT molecular complexity index is 733. The predicted octanol–water partition coefficient (Wildman–Crippen LogP) is 3.55. The number of nitrogens with one attached hydrogen (secondary N) is 2. The van der Waals surface area contributed by atoms with Crippen LogP contribution in [0.15, 0.2) is 35.3 Å². The largest absolute Gasteiger partial charge is 0.496 e. The Hall–Kier alpha value is -1.76. The van der Waals surface area contributed by atoms with E-state index in [1.807, 2.05) is 25.1 Å². The zero-order valence-electron chi connectivity index (χ0n) is 15.4. The number of aryl methyl sites for hydroxylation is 1. The third-order valence-electron chi connectivity index (χ3n) is 3.81. The van der Waals surface area contributed by atoms with Crippen LogP contribution >= 0.6 is 22.9 Å². The summed E-state index contributed by atoms with van der Waals surface area (Å²) in [7, 11) is 1.69. The van der Waals surface area contributed by atoms with Gasteiger partial charge in [-0.2, -0.15) is 0 Å². The van der Waals surface area contributed by atoms with Gasteiger partial charge >= 0.3 is 0 Å². The van der Waals surface area contributed by atoms with Crippen molar-refractivity contribution in [3.63, 3.8) is 0 Å². The first-order valence-electron chi connectivity index (χ1n) is 8.62. The number of aliphatic hydroxyl groups is 1. The Balaban J connectivity index is 1.92. The van der Waals surface area contributed by atoms with Crippen molar-refractivity contribution in [3.8, 4) is 5.75 Å². The van der Waals surface area contributed by atoms with Gasteiger partial charge in [0.05, 0.1) is 18.0 Å². The van der Waals surface area contributed by atoms with Crippen LogP contribution in [0.2, 0.25) is 4.34 Å². The Kier molecular flexibility index (Phi) is 8.22. The molecule has 2 aromatic rings. The normalized spacial score (nSPS) is 12.7. The monoisotopic (exact) mass is 395 g/mol. The van der Waals surface area contributed by atoms with Crippen LogP contribution in [0.3, 0.4) is 0 Å². The standard InChI is InChI=1S/C19H26ClN3O2S/c1-4-21-19(23-12-15(24)17-7-8-18(20)26-17)22-10-9-14-11-13(2)5-6-16(14)25-3/h5-8,11,15,24H,4,9-10,12H2,1-3H3,(H2,21,22,23). The first kappa shape index (κ1) is 20.6. The summed E-state index contributed by atoms with van der Waals surface area (Å²) in [5.74, 6) is 1.57. The maximum absolute atomic E-state index is 10.2. The second kappa shape index (κ2) is 10.4. The maximum Gasteiger partial charge on any atom is 0.191 e. The topological polar surface area (TPSA) is 65.9 Å². The molecular formula is C19H26ClN3O2S. The fourth-order valence-electron chi connectivity index (χ4n) is 2.54. The van der Waals surface area contributed by atoms with Gasteiger partial charge in [-0.05, 0) is 44.0 Å². The summed E-state index contributed by atoms with van der Waals surface area (Å²) in [6.07, 6.45) is 0.165. The van der Waals surface area contributed by atoms with E-state index in [1.54, 1.807) is 13.2 Å². The molecule has 1 heterocycles. The molecule has 3 N–H and O–H groups in total. The minimum Gasteiger partial charge on any atom is -0.496 e. The minimum absolute atomic E-state index is 0.278. The molecule has 0 amide bonds. The first-order valence-corrected chi connectivity index (χ1v) is 9.82. The molecule has 0 aliphatic carbocycles. The molecule has 26 heavy (non-hydrogen) atoms. The van der Waals surface area contributed by atoms with Crippen molar-refractivity contribution in [3.05, 3.63) is 50.7 Å². The van der Waals surface area contributed by atoms with Crippen LogP contribution in [0, 0.1) is 6.92 Å². The number of nitrogens with zero attached hydrogens (tertiary/aromatic N) is 1. The summed E-state index contributed by atoms with van der Waals surface area (Å²) in [5.41, 5.74) is 2.36. The fourth-order valence-corrected chi connectivity index (χ4v) is 3.57. The zero-order valence-corrected chi connectivity index (χ0v) is 17.0. The summed E-state index contributed by atoms with van der Waals surface area (Å²) in [6, 6.07) is 9.78. The third kappa shape index (κ3) is 6.20.